The fraction of sp³-hybridized carbons (Fsp3) is 0.214. The van der Waals surface area contributed by atoms with Crippen LogP contribution in [0, 0.1) is 5.82 Å². The van der Waals surface area contributed by atoms with Crippen LogP contribution in [0.2, 0.25) is 5.15 Å². The quantitative estimate of drug-likeness (QED) is 0.847. The normalized spacial score (nSPS) is 12.2. The molecule has 1 aromatic carbocycles. The van der Waals surface area contributed by atoms with Gasteiger partial charge in [0.15, 0.2) is 0 Å². The highest BCUT2D eigenvalue weighted by atomic mass is 35.5. The first kappa shape index (κ1) is 12.8. The lowest BCUT2D eigenvalue weighted by Crippen LogP contribution is -2.18. The number of halogens is 2. The van der Waals surface area contributed by atoms with Gasteiger partial charge in [0.25, 0.3) is 0 Å². The summed E-state index contributed by atoms with van der Waals surface area (Å²) in [6.07, 6.45) is 2.48. The second kappa shape index (κ2) is 5.83. The summed E-state index contributed by atoms with van der Waals surface area (Å²) in [5, 5.41) is 3.79. The molecule has 0 spiro atoms. The van der Waals surface area contributed by atoms with Crippen LogP contribution in [0.25, 0.3) is 0 Å². The zero-order valence-electron chi connectivity index (χ0n) is 10.0. The van der Waals surface area contributed by atoms with Gasteiger partial charge in [-0.15, -0.1) is 0 Å². The number of hydrogen-bond donors (Lipinski definition) is 1. The van der Waals surface area contributed by atoms with Gasteiger partial charge >= 0.3 is 0 Å². The van der Waals surface area contributed by atoms with Crippen molar-refractivity contribution in [2.75, 3.05) is 5.32 Å². The molecule has 0 aliphatic heterocycles. The van der Waals surface area contributed by atoms with E-state index in [9.17, 15) is 4.39 Å². The molecule has 2 nitrogen and oxygen atoms in total. The van der Waals surface area contributed by atoms with E-state index in [0.717, 1.165) is 17.7 Å². The van der Waals surface area contributed by atoms with Crippen LogP contribution in [0.15, 0.2) is 42.6 Å². The van der Waals surface area contributed by atoms with Gasteiger partial charge < -0.3 is 5.32 Å². The summed E-state index contributed by atoms with van der Waals surface area (Å²) >= 11 is 5.81. The van der Waals surface area contributed by atoms with Crippen LogP contribution in [0.3, 0.4) is 0 Å². The van der Waals surface area contributed by atoms with Crippen molar-refractivity contribution in [1.29, 1.82) is 0 Å². The second-order valence-electron chi connectivity index (χ2n) is 4.24. The Morgan fingerprint density at radius 1 is 1.28 bits per heavy atom. The molecule has 1 heterocycles. The first-order valence-electron chi connectivity index (χ1n) is 5.76. The van der Waals surface area contributed by atoms with Gasteiger partial charge in [0.2, 0.25) is 0 Å². The third-order valence-corrected chi connectivity index (χ3v) is 2.80. The molecule has 94 valence electrons. The number of nitrogens with one attached hydrogen (secondary N) is 1. The maximum absolute atomic E-state index is 12.8. The summed E-state index contributed by atoms with van der Waals surface area (Å²) in [6.45, 7) is 2.07. The molecule has 2 aromatic rings. The van der Waals surface area contributed by atoms with E-state index in [2.05, 4.69) is 17.2 Å². The number of benzene rings is 1. The number of pyridine rings is 1. The second-order valence-corrected chi connectivity index (χ2v) is 4.63. The Morgan fingerprint density at radius 3 is 2.67 bits per heavy atom. The van der Waals surface area contributed by atoms with Crippen molar-refractivity contribution >= 4 is 17.3 Å². The maximum atomic E-state index is 12.8. The fourth-order valence-corrected chi connectivity index (χ4v) is 1.98. The molecule has 0 radical (unpaired) electrons. The number of rotatable bonds is 4. The van der Waals surface area contributed by atoms with Crippen molar-refractivity contribution in [1.82, 2.24) is 4.98 Å². The molecule has 0 amide bonds. The van der Waals surface area contributed by atoms with Crippen LogP contribution in [0.5, 0.6) is 0 Å². The fourth-order valence-electron chi connectivity index (χ4n) is 1.80. The molecule has 0 aliphatic carbocycles. The molecular weight excluding hydrogens is 251 g/mol. The largest absolute Gasteiger partial charge is 0.382 e. The Labute approximate surface area is 111 Å². The molecule has 1 atom stereocenters. The molecular formula is C14H14ClFN2. The van der Waals surface area contributed by atoms with Gasteiger partial charge in [-0.05, 0) is 43.2 Å². The lowest BCUT2D eigenvalue weighted by molar-refractivity contribution is 0.626. The molecule has 1 aromatic heterocycles. The van der Waals surface area contributed by atoms with E-state index in [0.29, 0.717) is 5.15 Å². The Kier molecular flexibility index (Phi) is 4.15. The number of nitrogens with zero attached hydrogens (tertiary/aromatic N) is 1. The monoisotopic (exact) mass is 264 g/mol. The van der Waals surface area contributed by atoms with Gasteiger partial charge in [-0.1, -0.05) is 23.7 Å². The molecule has 0 saturated heterocycles. The van der Waals surface area contributed by atoms with Crippen molar-refractivity contribution in [3.05, 3.63) is 59.1 Å². The minimum Gasteiger partial charge on any atom is -0.382 e. The highest BCUT2D eigenvalue weighted by Crippen LogP contribution is 2.14. The first-order chi connectivity index (χ1) is 8.63. The highest BCUT2D eigenvalue weighted by molar-refractivity contribution is 6.29. The number of hydrogen-bond acceptors (Lipinski definition) is 2. The molecule has 0 fully saturated rings. The summed E-state index contributed by atoms with van der Waals surface area (Å²) in [4.78, 5) is 3.92. The summed E-state index contributed by atoms with van der Waals surface area (Å²) in [7, 11) is 0. The SMILES string of the molecule is CC(Cc1ccc(F)cc1)Nc1ccnc(Cl)c1. The van der Waals surface area contributed by atoms with Crippen LogP contribution in [0.1, 0.15) is 12.5 Å². The predicted octanol–water partition coefficient (Wildman–Crippen LogP) is 3.92. The summed E-state index contributed by atoms with van der Waals surface area (Å²) < 4.78 is 12.8. The van der Waals surface area contributed by atoms with Gasteiger partial charge in [0.1, 0.15) is 11.0 Å². The molecule has 1 unspecified atom stereocenters. The van der Waals surface area contributed by atoms with Crippen molar-refractivity contribution < 1.29 is 4.39 Å². The standard InChI is InChI=1S/C14H14ClFN2/c1-10(8-11-2-4-12(16)5-3-11)18-13-6-7-17-14(15)9-13/h2-7,9-10H,8H2,1H3,(H,17,18). The minimum absolute atomic E-state index is 0.208. The molecule has 2 rings (SSSR count). The Hall–Kier alpha value is -1.61. The molecule has 0 bridgehead atoms. The van der Waals surface area contributed by atoms with Crippen molar-refractivity contribution in [2.24, 2.45) is 0 Å². The van der Waals surface area contributed by atoms with Crippen molar-refractivity contribution in [3.8, 4) is 0 Å². The summed E-state index contributed by atoms with van der Waals surface area (Å²) in [6, 6.07) is 10.4. The zero-order chi connectivity index (χ0) is 13.0. The zero-order valence-corrected chi connectivity index (χ0v) is 10.8. The smallest absolute Gasteiger partial charge is 0.131 e. The lowest BCUT2D eigenvalue weighted by Gasteiger charge is -2.15. The average Bonchev–Trinajstić information content (AvgIpc) is 2.32. The third kappa shape index (κ3) is 3.70. The van der Waals surface area contributed by atoms with Gasteiger partial charge in [0.05, 0.1) is 0 Å². The topological polar surface area (TPSA) is 24.9 Å². The van der Waals surface area contributed by atoms with E-state index in [-0.39, 0.29) is 11.9 Å². The minimum atomic E-state index is -0.208. The number of aromatic nitrogens is 1. The van der Waals surface area contributed by atoms with E-state index >= 15 is 0 Å². The van der Waals surface area contributed by atoms with Gasteiger partial charge in [-0.2, -0.15) is 0 Å². The highest BCUT2D eigenvalue weighted by Gasteiger charge is 2.04. The molecule has 4 heteroatoms. The van der Waals surface area contributed by atoms with Gasteiger partial charge in [-0.25, -0.2) is 9.37 Å². The Bertz CT molecular complexity index is 513. The molecule has 0 aliphatic rings. The van der Waals surface area contributed by atoms with E-state index in [1.54, 1.807) is 24.4 Å². The van der Waals surface area contributed by atoms with E-state index in [1.807, 2.05) is 6.07 Å². The molecule has 0 saturated carbocycles. The lowest BCUT2D eigenvalue weighted by atomic mass is 10.1. The third-order valence-electron chi connectivity index (χ3n) is 2.59. The Balaban J connectivity index is 1.96. The van der Waals surface area contributed by atoms with E-state index in [1.165, 1.54) is 12.1 Å². The average molecular weight is 265 g/mol. The van der Waals surface area contributed by atoms with Gasteiger partial charge in [-0.3, -0.25) is 0 Å². The van der Waals surface area contributed by atoms with E-state index in [4.69, 9.17) is 11.6 Å². The summed E-state index contributed by atoms with van der Waals surface area (Å²) in [5.41, 5.74) is 2.03. The van der Waals surface area contributed by atoms with Crippen LogP contribution in [0.4, 0.5) is 10.1 Å². The number of anilines is 1. The predicted molar refractivity (Wildman–Crippen MR) is 72.4 cm³/mol. The first-order valence-corrected chi connectivity index (χ1v) is 6.14. The molecule has 18 heavy (non-hydrogen) atoms. The molecule has 1 N–H and O–H groups in total. The van der Waals surface area contributed by atoms with E-state index < -0.39 is 0 Å². The summed E-state index contributed by atoms with van der Waals surface area (Å²) in [5.74, 6) is -0.208. The van der Waals surface area contributed by atoms with Crippen LogP contribution in [-0.2, 0) is 6.42 Å². The van der Waals surface area contributed by atoms with Crippen molar-refractivity contribution in [2.45, 2.75) is 19.4 Å². The van der Waals surface area contributed by atoms with Crippen LogP contribution >= 0.6 is 11.6 Å². The maximum Gasteiger partial charge on any atom is 0.131 e. The van der Waals surface area contributed by atoms with Gasteiger partial charge in [0, 0.05) is 17.9 Å². The van der Waals surface area contributed by atoms with Crippen LogP contribution < -0.4 is 5.32 Å². The Morgan fingerprint density at radius 2 is 2.00 bits per heavy atom. The van der Waals surface area contributed by atoms with Crippen LogP contribution in [-0.4, -0.2) is 11.0 Å². The van der Waals surface area contributed by atoms with Crippen molar-refractivity contribution in [3.63, 3.8) is 0 Å².